The third-order valence-corrected chi connectivity index (χ3v) is 3.69. The lowest BCUT2D eigenvalue weighted by molar-refractivity contribution is 0.102. The Bertz CT molecular complexity index is 599. The van der Waals surface area contributed by atoms with Crippen LogP contribution in [0.3, 0.4) is 0 Å². The van der Waals surface area contributed by atoms with Crippen molar-refractivity contribution in [3.05, 3.63) is 63.9 Å². The molecule has 2 aromatic rings. The van der Waals surface area contributed by atoms with E-state index in [2.05, 4.69) is 37.2 Å². The van der Waals surface area contributed by atoms with Gasteiger partial charge in [-0.2, -0.15) is 0 Å². The average molecular weight is 387 g/mol. The fourth-order valence-corrected chi connectivity index (χ4v) is 2.24. The van der Waals surface area contributed by atoms with Gasteiger partial charge in [-0.15, -0.1) is 0 Å². The Hall–Kier alpha value is -1.20. The Morgan fingerprint density at radius 1 is 1.16 bits per heavy atom. The van der Waals surface area contributed by atoms with Gasteiger partial charge in [-0.1, -0.05) is 44.0 Å². The maximum atomic E-state index is 13.6. The van der Waals surface area contributed by atoms with E-state index in [9.17, 15) is 9.18 Å². The van der Waals surface area contributed by atoms with E-state index in [1.165, 1.54) is 12.1 Å². The standard InChI is InChI=1S/C14H10Br2FNO/c15-8-9-1-3-10(4-2-9)14(19)18-13-6-5-11(16)7-12(13)17/h1-7H,8H2,(H,18,19). The Morgan fingerprint density at radius 3 is 2.42 bits per heavy atom. The molecule has 0 spiro atoms. The molecule has 19 heavy (non-hydrogen) atoms. The number of hydrogen-bond donors (Lipinski definition) is 1. The van der Waals surface area contributed by atoms with Crippen LogP contribution in [-0.2, 0) is 5.33 Å². The highest BCUT2D eigenvalue weighted by Crippen LogP contribution is 2.20. The summed E-state index contributed by atoms with van der Waals surface area (Å²) in [6, 6.07) is 11.6. The molecule has 0 heterocycles. The van der Waals surface area contributed by atoms with Crippen molar-refractivity contribution >= 4 is 43.5 Å². The first-order chi connectivity index (χ1) is 9.10. The maximum Gasteiger partial charge on any atom is 0.255 e. The van der Waals surface area contributed by atoms with Crippen molar-refractivity contribution < 1.29 is 9.18 Å². The number of hydrogen-bond acceptors (Lipinski definition) is 1. The summed E-state index contributed by atoms with van der Waals surface area (Å²) in [5, 5.41) is 3.28. The van der Waals surface area contributed by atoms with Crippen molar-refractivity contribution in [1.29, 1.82) is 0 Å². The number of amides is 1. The van der Waals surface area contributed by atoms with Crippen LogP contribution in [-0.4, -0.2) is 5.91 Å². The van der Waals surface area contributed by atoms with Gasteiger partial charge < -0.3 is 5.32 Å². The van der Waals surface area contributed by atoms with Crippen LogP contribution in [0.4, 0.5) is 10.1 Å². The van der Waals surface area contributed by atoms with Crippen molar-refractivity contribution in [3.63, 3.8) is 0 Å². The van der Waals surface area contributed by atoms with E-state index in [0.29, 0.717) is 10.0 Å². The number of anilines is 1. The Kier molecular flexibility index (Phi) is 4.71. The molecular weight excluding hydrogens is 377 g/mol. The van der Waals surface area contributed by atoms with Gasteiger partial charge in [-0.25, -0.2) is 4.39 Å². The summed E-state index contributed by atoms with van der Waals surface area (Å²) < 4.78 is 14.2. The van der Waals surface area contributed by atoms with Gasteiger partial charge in [0.2, 0.25) is 0 Å². The van der Waals surface area contributed by atoms with Crippen molar-refractivity contribution in [2.45, 2.75) is 5.33 Å². The molecule has 0 aliphatic heterocycles. The highest BCUT2D eigenvalue weighted by atomic mass is 79.9. The van der Waals surface area contributed by atoms with Gasteiger partial charge in [0.05, 0.1) is 5.69 Å². The third kappa shape index (κ3) is 3.64. The maximum absolute atomic E-state index is 13.6. The lowest BCUT2D eigenvalue weighted by atomic mass is 10.1. The average Bonchev–Trinajstić information content (AvgIpc) is 2.42. The molecule has 98 valence electrons. The second kappa shape index (κ2) is 6.30. The molecule has 5 heteroatoms. The second-order valence-corrected chi connectivity index (χ2v) is 5.39. The van der Waals surface area contributed by atoms with E-state index >= 15 is 0 Å². The zero-order valence-electron chi connectivity index (χ0n) is 9.79. The van der Waals surface area contributed by atoms with Gasteiger partial charge in [-0.05, 0) is 35.9 Å². The van der Waals surface area contributed by atoms with Crippen LogP contribution in [0.1, 0.15) is 15.9 Å². The second-order valence-electron chi connectivity index (χ2n) is 3.91. The fraction of sp³-hybridized carbons (Fsp3) is 0.0714. The molecule has 0 radical (unpaired) electrons. The number of benzene rings is 2. The molecule has 2 aromatic carbocycles. The summed E-state index contributed by atoms with van der Waals surface area (Å²) in [4.78, 5) is 11.9. The van der Waals surface area contributed by atoms with Crippen LogP contribution in [0.25, 0.3) is 0 Å². The monoisotopic (exact) mass is 385 g/mol. The molecule has 0 bridgehead atoms. The van der Waals surface area contributed by atoms with Crippen molar-refractivity contribution in [3.8, 4) is 0 Å². The van der Waals surface area contributed by atoms with Gasteiger partial charge >= 0.3 is 0 Å². The minimum atomic E-state index is -0.472. The van der Waals surface area contributed by atoms with Crippen molar-refractivity contribution in [2.24, 2.45) is 0 Å². The van der Waals surface area contributed by atoms with Crippen LogP contribution in [0.15, 0.2) is 46.9 Å². The normalized spacial score (nSPS) is 10.3. The van der Waals surface area contributed by atoms with Gasteiger partial charge in [0, 0.05) is 15.4 Å². The molecule has 0 fully saturated rings. The quantitative estimate of drug-likeness (QED) is 0.758. The molecule has 1 N–H and O–H groups in total. The van der Waals surface area contributed by atoms with Crippen LogP contribution in [0.2, 0.25) is 0 Å². The highest BCUT2D eigenvalue weighted by Gasteiger charge is 2.09. The van der Waals surface area contributed by atoms with Gasteiger partial charge in [0.1, 0.15) is 5.82 Å². The van der Waals surface area contributed by atoms with Crippen LogP contribution >= 0.6 is 31.9 Å². The lowest BCUT2D eigenvalue weighted by Gasteiger charge is -2.07. The molecule has 0 aliphatic carbocycles. The fourth-order valence-electron chi connectivity index (χ4n) is 1.53. The Morgan fingerprint density at radius 2 is 1.84 bits per heavy atom. The topological polar surface area (TPSA) is 29.1 Å². The minimum Gasteiger partial charge on any atom is -0.319 e. The molecule has 0 saturated carbocycles. The molecule has 1 amide bonds. The molecule has 2 rings (SSSR count). The SMILES string of the molecule is O=C(Nc1ccc(Br)cc1F)c1ccc(CBr)cc1. The lowest BCUT2D eigenvalue weighted by Crippen LogP contribution is -2.12. The van der Waals surface area contributed by atoms with E-state index in [0.717, 1.165) is 10.9 Å². The number of alkyl halides is 1. The molecule has 0 saturated heterocycles. The molecule has 0 aromatic heterocycles. The van der Waals surface area contributed by atoms with E-state index in [4.69, 9.17) is 0 Å². The van der Waals surface area contributed by atoms with E-state index < -0.39 is 5.82 Å². The summed E-state index contributed by atoms with van der Waals surface area (Å²) in [7, 11) is 0. The van der Waals surface area contributed by atoms with E-state index in [1.807, 2.05) is 12.1 Å². The zero-order valence-corrected chi connectivity index (χ0v) is 13.0. The molecular formula is C14H10Br2FNO. The van der Waals surface area contributed by atoms with E-state index in [1.54, 1.807) is 18.2 Å². The first-order valence-corrected chi connectivity index (χ1v) is 7.43. The summed E-state index contributed by atoms with van der Waals surface area (Å²) >= 11 is 6.50. The number of nitrogens with one attached hydrogen (secondary N) is 1. The molecule has 0 unspecified atom stereocenters. The molecule has 0 atom stereocenters. The van der Waals surface area contributed by atoms with Crippen molar-refractivity contribution in [2.75, 3.05) is 5.32 Å². The predicted molar refractivity (Wildman–Crippen MR) is 81.1 cm³/mol. The first-order valence-electron chi connectivity index (χ1n) is 5.51. The highest BCUT2D eigenvalue weighted by molar-refractivity contribution is 9.10. The van der Waals surface area contributed by atoms with E-state index in [-0.39, 0.29) is 11.6 Å². The van der Waals surface area contributed by atoms with Gasteiger partial charge in [-0.3, -0.25) is 4.79 Å². The Labute approximate surface area is 127 Å². The molecule has 2 nitrogen and oxygen atoms in total. The minimum absolute atomic E-state index is 0.165. The number of rotatable bonds is 3. The predicted octanol–water partition coefficient (Wildman–Crippen LogP) is 4.74. The summed E-state index contributed by atoms with van der Waals surface area (Å²) in [5.74, 6) is -0.804. The summed E-state index contributed by atoms with van der Waals surface area (Å²) in [6.45, 7) is 0. The first kappa shape index (κ1) is 14.2. The number of carbonyl (C=O) groups excluding carboxylic acids is 1. The third-order valence-electron chi connectivity index (χ3n) is 2.55. The number of carbonyl (C=O) groups is 1. The largest absolute Gasteiger partial charge is 0.319 e. The van der Waals surface area contributed by atoms with Crippen LogP contribution in [0, 0.1) is 5.82 Å². The van der Waals surface area contributed by atoms with Gasteiger partial charge in [0.25, 0.3) is 5.91 Å². The van der Waals surface area contributed by atoms with Gasteiger partial charge in [0.15, 0.2) is 0 Å². The summed E-state index contributed by atoms with van der Waals surface area (Å²) in [6.07, 6.45) is 0. The smallest absolute Gasteiger partial charge is 0.255 e. The van der Waals surface area contributed by atoms with Crippen LogP contribution in [0.5, 0.6) is 0 Å². The zero-order chi connectivity index (χ0) is 13.8. The van der Waals surface area contributed by atoms with Crippen LogP contribution < -0.4 is 5.32 Å². The summed E-state index contributed by atoms with van der Waals surface area (Å²) in [5.41, 5.74) is 1.73. The molecule has 0 aliphatic rings. The van der Waals surface area contributed by atoms with Crippen molar-refractivity contribution in [1.82, 2.24) is 0 Å². The number of halogens is 3. The Balaban J connectivity index is 2.15.